The van der Waals surface area contributed by atoms with Crippen LogP contribution in [0.2, 0.25) is 0 Å². The molecule has 1 heterocycles. The Morgan fingerprint density at radius 3 is 2.25 bits per heavy atom. The molecule has 1 aromatic carbocycles. The number of nitrogens with zero attached hydrogens (tertiary/aromatic N) is 1. The van der Waals surface area contributed by atoms with E-state index in [0.717, 1.165) is 18.8 Å². The van der Waals surface area contributed by atoms with Gasteiger partial charge < -0.3 is 21.1 Å². The average molecular weight is 277 g/mol. The Hall–Kier alpha value is -1.75. The zero-order valence-corrected chi connectivity index (χ0v) is 12.6. The summed E-state index contributed by atoms with van der Waals surface area (Å²) in [6, 6.07) is 5.40. The number of amides is 1. The maximum atomic E-state index is 11.4. The van der Waals surface area contributed by atoms with Gasteiger partial charge in [0.1, 0.15) is 0 Å². The zero-order chi connectivity index (χ0) is 15.1. The van der Waals surface area contributed by atoms with Crippen molar-refractivity contribution in [3.05, 3.63) is 23.8 Å². The molecule has 4 N–H and O–H groups in total. The fourth-order valence-electron chi connectivity index (χ4n) is 2.92. The molecule has 1 aliphatic rings. The second-order valence-corrected chi connectivity index (χ2v) is 6.61. The van der Waals surface area contributed by atoms with Crippen LogP contribution in [-0.2, 0) is 4.74 Å². The summed E-state index contributed by atoms with van der Waals surface area (Å²) in [7, 11) is 0. The lowest BCUT2D eigenvalue weighted by atomic mass is 9.98. The van der Waals surface area contributed by atoms with Gasteiger partial charge in [-0.25, -0.2) is 0 Å². The van der Waals surface area contributed by atoms with Gasteiger partial charge >= 0.3 is 0 Å². The van der Waals surface area contributed by atoms with E-state index in [1.807, 2.05) is 6.07 Å². The summed E-state index contributed by atoms with van der Waals surface area (Å²) in [5.74, 6) is -0.504. The van der Waals surface area contributed by atoms with E-state index in [2.05, 4.69) is 32.6 Å². The van der Waals surface area contributed by atoms with Crippen molar-refractivity contribution < 1.29 is 9.53 Å². The standard InChI is InChI=1S/C15H23N3O2/c1-14(2)8-18(9-15(3,4)20-14)10-5-6-12(16)11(7-10)13(17)19/h5-7H,8-9,16H2,1-4H3,(H2,17,19). The molecule has 0 aromatic heterocycles. The molecule has 1 amide bonds. The molecule has 1 saturated heterocycles. The summed E-state index contributed by atoms with van der Waals surface area (Å²) < 4.78 is 6.06. The van der Waals surface area contributed by atoms with Crippen molar-refractivity contribution in [1.29, 1.82) is 0 Å². The van der Waals surface area contributed by atoms with Crippen molar-refractivity contribution in [2.45, 2.75) is 38.9 Å². The van der Waals surface area contributed by atoms with Gasteiger partial charge in [-0.2, -0.15) is 0 Å². The van der Waals surface area contributed by atoms with Crippen LogP contribution in [0.1, 0.15) is 38.1 Å². The van der Waals surface area contributed by atoms with Gasteiger partial charge in [-0.3, -0.25) is 4.79 Å². The number of ether oxygens (including phenoxy) is 1. The normalized spacial score (nSPS) is 20.7. The van der Waals surface area contributed by atoms with Gasteiger partial charge in [0, 0.05) is 24.5 Å². The van der Waals surface area contributed by atoms with Crippen LogP contribution >= 0.6 is 0 Å². The topological polar surface area (TPSA) is 81.6 Å². The summed E-state index contributed by atoms with van der Waals surface area (Å²) in [4.78, 5) is 13.6. The van der Waals surface area contributed by atoms with Crippen LogP contribution in [-0.4, -0.2) is 30.2 Å². The summed E-state index contributed by atoms with van der Waals surface area (Å²) in [6.45, 7) is 9.75. The number of rotatable bonds is 2. The fourth-order valence-corrected chi connectivity index (χ4v) is 2.92. The molecule has 1 aliphatic heterocycles. The number of carbonyl (C=O) groups is 1. The van der Waals surface area contributed by atoms with Crippen LogP contribution in [0.15, 0.2) is 18.2 Å². The second-order valence-electron chi connectivity index (χ2n) is 6.61. The van der Waals surface area contributed by atoms with Crippen LogP contribution in [0, 0.1) is 0 Å². The lowest BCUT2D eigenvalue weighted by Crippen LogP contribution is -2.57. The van der Waals surface area contributed by atoms with E-state index in [-0.39, 0.29) is 11.2 Å². The number of nitrogens with two attached hydrogens (primary N) is 2. The number of anilines is 2. The van der Waals surface area contributed by atoms with Crippen LogP contribution < -0.4 is 16.4 Å². The summed E-state index contributed by atoms with van der Waals surface area (Å²) in [5, 5.41) is 0. The Bertz CT molecular complexity index is 522. The maximum absolute atomic E-state index is 11.4. The highest BCUT2D eigenvalue weighted by atomic mass is 16.5. The van der Waals surface area contributed by atoms with E-state index < -0.39 is 5.91 Å². The first-order valence-corrected chi connectivity index (χ1v) is 6.74. The van der Waals surface area contributed by atoms with Gasteiger partial charge in [-0.1, -0.05) is 0 Å². The average Bonchev–Trinajstić information content (AvgIpc) is 2.24. The number of hydrogen-bond acceptors (Lipinski definition) is 4. The van der Waals surface area contributed by atoms with Crippen molar-refractivity contribution >= 4 is 17.3 Å². The van der Waals surface area contributed by atoms with E-state index in [0.29, 0.717) is 11.3 Å². The minimum absolute atomic E-state index is 0.254. The maximum Gasteiger partial charge on any atom is 0.250 e. The lowest BCUT2D eigenvalue weighted by Gasteiger charge is -2.48. The number of nitrogen functional groups attached to an aromatic ring is 1. The number of morpholine rings is 1. The molecule has 0 spiro atoms. The molecular formula is C15H23N3O2. The Morgan fingerprint density at radius 2 is 1.75 bits per heavy atom. The Kier molecular flexibility index (Phi) is 3.42. The first-order chi connectivity index (χ1) is 9.10. The molecule has 0 unspecified atom stereocenters. The molecule has 0 saturated carbocycles. The van der Waals surface area contributed by atoms with Crippen LogP contribution in [0.5, 0.6) is 0 Å². The number of benzene rings is 1. The highest BCUT2D eigenvalue weighted by Crippen LogP contribution is 2.32. The van der Waals surface area contributed by atoms with Crippen molar-refractivity contribution in [2.75, 3.05) is 23.7 Å². The third kappa shape index (κ3) is 3.04. The van der Waals surface area contributed by atoms with Crippen molar-refractivity contribution in [1.82, 2.24) is 0 Å². The minimum atomic E-state index is -0.504. The third-order valence-corrected chi connectivity index (χ3v) is 3.36. The summed E-state index contributed by atoms with van der Waals surface area (Å²) in [5.41, 5.74) is 12.3. The Labute approximate surface area is 119 Å². The second kappa shape index (κ2) is 4.66. The predicted octanol–water partition coefficient (Wildman–Crippen LogP) is 1.76. The van der Waals surface area contributed by atoms with E-state index in [4.69, 9.17) is 16.2 Å². The third-order valence-electron chi connectivity index (χ3n) is 3.36. The van der Waals surface area contributed by atoms with Crippen molar-refractivity contribution in [3.8, 4) is 0 Å². The largest absolute Gasteiger partial charge is 0.398 e. The SMILES string of the molecule is CC1(C)CN(c2ccc(N)c(C(N)=O)c2)CC(C)(C)O1. The number of primary amides is 1. The Balaban J connectivity index is 2.36. The molecule has 110 valence electrons. The highest BCUT2D eigenvalue weighted by molar-refractivity contribution is 5.99. The molecule has 2 rings (SSSR count). The molecule has 0 atom stereocenters. The fraction of sp³-hybridized carbons (Fsp3) is 0.533. The van der Waals surface area contributed by atoms with Crippen LogP contribution in [0.3, 0.4) is 0 Å². The number of hydrogen-bond donors (Lipinski definition) is 2. The summed E-state index contributed by atoms with van der Waals surface area (Å²) in [6.07, 6.45) is 0. The first-order valence-electron chi connectivity index (χ1n) is 6.74. The van der Waals surface area contributed by atoms with Gasteiger partial charge in [0.05, 0.1) is 16.8 Å². The molecule has 0 bridgehead atoms. The van der Waals surface area contributed by atoms with Crippen LogP contribution in [0.25, 0.3) is 0 Å². The van der Waals surface area contributed by atoms with Crippen molar-refractivity contribution in [2.24, 2.45) is 5.73 Å². The van der Waals surface area contributed by atoms with E-state index >= 15 is 0 Å². The quantitative estimate of drug-likeness (QED) is 0.807. The lowest BCUT2D eigenvalue weighted by molar-refractivity contribution is -0.133. The predicted molar refractivity (Wildman–Crippen MR) is 80.8 cm³/mol. The molecule has 5 heteroatoms. The van der Waals surface area contributed by atoms with Gasteiger partial charge in [0.2, 0.25) is 0 Å². The molecule has 5 nitrogen and oxygen atoms in total. The molecule has 1 aromatic rings. The van der Waals surface area contributed by atoms with Crippen molar-refractivity contribution in [3.63, 3.8) is 0 Å². The smallest absolute Gasteiger partial charge is 0.250 e. The van der Waals surface area contributed by atoms with Gasteiger partial charge in [0.15, 0.2) is 0 Å². The van der Waals surface area contributed by atoms with E-state index in [1.54, 1.807) is 12.1 Å². The van der Waals surface area contributed by atoms with E-state index in [9.17, 15) is 4.79 Å². The molecule has 0 radical (unpaired) electrons. The van der Waals surface area contributed by atoms with Crippen LogP contribution in [0.4, 0.5) is 11.4 Å². The summed E-state index contributed by atoms with van der Waals surface area (Å²) >= 11 is 0. The number of carbonyl (C=O) groups excluding carboxylic acids is 1. The minimum Gasteiger partial charge on any atom is -0.398 e. The zero-order valence-electron chi connectivity index (χ0n) is 12.6. The van der Waals surface area contributed by atoms with E-state index in [1.165, 1.54) is 0 Å². The molecule has 0 aliphatic carbocycles. The first kappa shape index (κ1) is 14.7. The Morgan fingerprint density at radius 1 is 1.20 bits per heavy atom. The van der Waals surface area contributed by atoms with Gasteiger partial charge in [-0.15, -0.1) is 0 Å². The van der Waals surface area contributed by atoms with Gasteiger partial charge in [0.25, 0.3) is 5.91 Å². The molecule has 20 heavy (non-hydrogen) atoms. The van der Waals surface area contributed by atoms with Gasteiger partial charge in [-0.05, 0) is 45.9 Å². The molecular weight excluding hydrogens is 254 g/mol. The highest BCUT2D eigenvalue weighted by Gasteiger charge is 2.38. The monoisotopic (exact) mass is 277 g/mol. The molecule has 1 fully saturated rings.